The lowest BCUT2D eigenvalue weighted by Gasteiger charge is -2.17. The second-order valence-electron chi connectivity index (χ2n) is 3.76. The van der Waals surface area contributed by atoms with Crippen molar-refractivity contribution >= 4 is 16.5 Å². The molecule has 3 nitrogen and oxygen atoms in total. The lowest BCUT2D eigenvalue weighted by Crippen LogP contribution is -2.30. The van der Waals surface area contributed by atoms with Crippen LogP contribution in [0.5, 0.6) is 0 Å². The smallest absolute Gasteiger partial charge is 0.342 e. The van der Waals surface area contributed by atoms with Crippen LogP contribution in [0.15, 0.2) is 0 Å². The Morgan fingerprint density at radius 1 is 1.41 bits per heavy atom. The fraction of sp³-hybridized carbons (Fsp3) is 0.700. The SMILES string of the molecule is CCNCc1sc(N(C)CC(F)(F)F)nc1C. The maximum absolute atomic E-state index is 12.2. The number of hydrogen-bond acceptors (Lipinski definition) is 4. The molecular formula is C10H16F3N3S. The van der Waals surface area contributed by atoms with Crippen LogP contribution in [0.2, 0.25) is 0 Å². The average Bonchev–Trinajstić information content (AvgIpc) is 2.54. The molecule has 17 heavy (non-hydrogen) atoms. The molecule has 0 unspecified atom stereocenters. The third-order valence-corrected chi connectivity index (χ3v) is 3.43. The summed E-state index contributed by atoms with van der Waals surface area (Å²) in [6, 6.07) is 0. The fourth-order valence-corrected chi connectivity index (χ4v) is 2.31. The first kappa shape index (κ1) is 14.2. The van der Waals surface area contributed by atoms with Crippen LogP contribution < -0.4 is 10.2 Å². The van der Waals surface area contributed by atoms with Gasteiger partial charge >= 0.3 is 6.18 Å². The Balaban J connectivity index is 2.71. The first-order valence-electron chi connectivity index (χ1n) is 5.28. The quantitative estimate of drug-likeness (QED) is 0.888. The van der Waals surface area contributed by atoms with Gasteiger partial charge in [-0.1, -0.05) is 6.92 Å². The molecule has 0 atom stereocenters. The number of anilines is 1. The van der Waals surface area contributed by atoms with Gasteiger partial charge in [0, 0.05) is 18.5 Å². The van der Waals surface area contributed by atoms with E-state index in [4.69, 9.17) is 0 Å². The van der Waals surface area contributed by atoms with Crippen molar-refractivity contribution in [3.05, 3.63) is 10.6 Å². The number of halogens is 3. The number of nitrogens with one attached hydrogen (secondary N) is 1. The Kier molecular flexibility index (Phi) is 4.76. The molecule has 0 fully saturated rings. The van der Waals surface area contributed by atoms with Gasteiger partial charge in [-0.2, -0.15) is 13.2 Å². The summed E-state index contributed by atoms with van der Waals surface area (Å²) in [5.74, 6) is 0. The summed E-state index contributed by atoms with van der Waals surface area (Å²) in [5.41, 5.74) is 0.792. The molecule has 1 rings (SSSR count). The predicted octanol–water partition coefficient (Wildman–Crippen LogP) is 2.56. The molecule has 1 N–H and O–H groups in total. The van der Waals surface area contributed by atoms with Crippen LogP contribution in [-0.4, -0.2) is 31.3 Å². The van der Waals surface area contributed by atoms with E-state index < -0.39 is 12.7 Å². The van der Waals surface area contributed by atoms with E-state index >= 15 is 0 Å². The second-order valence-corrected chi connectivity index (χ2v) is 4.82. The lowest BCUT2D eigenvalue weighted by atomic mass is 10.4. The van der Waals surface area contributed by atoms with E-state index in [0.29, 0.717) is 11.7 Å². The van der Waals surface area contributed by atoms with Crippen LogP contribution >= 0.6 is 11.3 Å². The Morgan fingerprint density at radius 2 is 2.06 bits per heavy atom. The molecule has 1 aromatic heterocycles. The summed E-state index contributed by atoms with van der Waals surface area (Å²) in [6.45, 7) is 4.30. The zero-order valence-electron chi connectivity index (χ0n) is 10.1. The number of aryl methyl sites for hydroxylation is 1. The monoisotopic (exact) mass is 267 g/mol. The topological polar surface area (TPSA) is 28.2 Å². The van der Waals surface area contributed by atoms with Crippen LogP contribution in [0.25, 0.3) is 0 Å². The van der Waals surface area contributed by atoms with Crippen molar-refractivity contribution in [2.75, 3.05) is 25.0 Å². The first-order valence-corrected chi connectivity index (χ1v) is 6.10. The van der Waals surface area contributed by atoms with Gasteiger partial charge in [-0.25, -0.2) is 4.98 Å². The fourth-order valence-electron chi connectivity index (χ4n) is 1.32. The summed E-state index contributed by atoms with van der Waals surface area (Å²) in [6.07, 6.45) is -4.20. The van der Waals surface area contributed by atoms with E-state index in [1.165, 1.54) is 18.4 Å². The first-order chi connectivity index (χ1) is 7.83. The van der Waals surface area contributed by atoms with Crippen molar-refractivity contribution in [3.8, 4) is 0 Å². The highest BCUT2D eigenvalue weighted by Crippen LogP contribution is 2.27. The molecule has 0 amide bonds. The second kappa shape index (κ2) is 5.68. The zero-order chi connectivity index (χ0) is 13.1. The molecule has 1 heterocycles. The Bertz CT molecular complexity index is 362. The number of aromatic nitrogens is 1. The highest BCUT2D eigenvalue weighted by Gasteiger charge is 2.30. The Labute approximate surface area is 103 Å². The molecule has 0 aromatic carbocycles. The van der Waals surface area contributed by atoms with E-state index in [1.54, 1.807) is 0 Å². The molecule has 0 saturated heterocycles. The van der Waals surface area contributed by atoms with Gasteiger partial charge in [0.1, 0.15) is 6.54 Å². The maximum atomic E-state index is 12.2. The zero-order valence-corrected chi connectivity index (χ0v) is 10.9. The predicted molar refractivity (Wildman–Crippen MR) is 63.6 cm³/mol. The number of rotatable bonds is 5. The Hall–Kier alpha value is -0.820. The van der Waals surface area contributed by atoms with Gasteiger partial charge in [0.2, 0.25) is 0 Å². The van der Waals surface area contributed by atoms with Crippen LogP contribution in [0.1, 0.15) is 17.5 Å². The van der Waals surface area contributed by atoms with Crippen molar-refractivity contribution in [2.24, 2.45) is 0 Å². The number of hydrogen-bond donors (Lipinski definition) is 1. The molecule has 0 radical (unpaired) electrons. The highest BCUT2D eigenvalue weighted by molar-refractivity contribution is 7.15. The molecule has 0 spiro atoms. The molecule has 1 aromatic rings. The van der Waals surface area contributed by atoms with E-state index in [9.17, 15) is 13.2 Å². The van der Waals surface area contributed by atoms with Crippen molar-refractivity contribution in [3.63, 3.8) is 0 Å². The molecule has 0 saturated carbocycles. The van der Waals surface area contributed by atoms with Gasteiger partial charge in [0.15, 0.2) is 5.13 Å². The molecule has 7 heteroatoms. The average molecular weight is 267 g/mol. The lowest BCUT2D eigenvalue weighted by molar-refractivity contribution is -0.119. The standard InChI is InChI=1S/C10H16F3N3S/c1-4-14-5-8-7(2)15-9(17-8)16(3)6-10(11,12)13/h14H,4-6H2,1-3H3. The largest absolute Gasteiger partial charge is 0.405 e. The van der Waals surface area contributed by atoms with E-state index in [1.807, 2.05) is 13.8 Å². The summed E-state index contributed by atoms with van der Waals surface area (Å²) in [5, 5.41) is 3.55. The van der Waals surface area contributed by atoms with Gasteiger partial charge in [0.25, 0.3) is 0 Å². The molecular weight excluding hydrogens is 251 g/mol. The number of nitrogens with zero attached hydrogens (tertiary/aromatic N) is 2. The molecule has 0 aliphatic carbocycles. The summed E-state index contributed by atoms with van der Waals surface area (Å²) >= 11 is 1.30. The minimum atomic E-state index is -4.20. The van der Waals surface area contributed by atoms with E-state index in [2.05, 4.69) is 10.3 Å². The summed E-state index contributed by atoms with van der Waals surface area (Å²) < 4.78 is 36.7. The third kappa shape index (κ3) is 4.51. The van der Waals surface area contributed by atoms with E-state index in [0.717, 1.165) is 22.0 Å². The molecule has 0 aliphatic heterocycles. The Morgan fingerprint density at radius 3 is 2.59 bits per heavy atom. The van der Waals surface area contributed by atoms with Gasteiger partial charge in [-0.3, -0.25) is 0 Å². The van der Waals surface area contributed by atoms with Crippen molar-refractivity contribution in [1.29, 1.82) is 0 Å². The molecule has 0 bridgehead atoms. The van der Waals surface area contributed by atoms with Gasteiger partial charge in [-0.05, 0) is 13.5 Å². The van der Waals surface area contributed by atoms with Gasteiger partial charge in [-0.15, -0.1) is 11.3 Å². The van der Waals surface area contributed by atoms with Crippen LogP contribution in [0, 0.1) is 6.92 Å². The third-order valence-electron chi connectivity index (χ3n) is 2.16. The van der Waals surface area contributed by atoms with E-state index in [-0.39, 0.29) is 0 Å². The highest BCUT2D eigenvalue weighted by atomic mass is 32.1. The van der Waals surface area contributed by atoms with Crippen molar-refractivity contribution in [1.82, 2.24) is 10.3 Å². The summed E-state index contributed by atoms with van der Waals surface area (Å²) in [4.78, 5) is 6.27. The maximum Gasteiger partial charge on any atom is 0.405 e. The normalized spacial score (nSPS) is 11.9. The van der Waals surface area contributed by atoms with Crippen LogP contribution in [-0.2, 0) is 6.54 Å². The van der Waals surface area contributed by atoms with Crippen LogP contribution in [0.3, 0.4) is 0 Å². The van der Waals surface area contributed by atoms with Crippen molar-refractivity contribution in [2.45, 2.75) is 26.6 Å². The van der Waals surface area contributed by atoms with Gasteiger partial charge < -0.3 is 10.2 Å². The number of thiazole rings is 1. The molecule has 0 aliphatic rings. The minimum Gasteiger partial charge on any atom is -0.342 e. The van der Waals surface area contributed by atoms with Gasteiger partial charge in [0.05, 0.1) is 5.69 Å². The minimum absolute atomic E-state index is 0.410. The summed E-state index contributed by atoms with van der Waals surface area (Å²) in [7, 11) is 1.41. The van der Waals surface area contributed by atoms with Crippen LogP contribution in [0.4, 0.5) is 18.3 Å². The molecule has 98 valence electrons. The number of alkyl halides is 3. The van der Waals surface area contributed by atoms with Crippen molar-refractivity contribution < 1.29 is 13.2 Å².